The molecule has 1 saturated heterocycles. The number of thiol groups is 1. The summed E-state index contributed by atoms with van der Waals surface area (Å²) >= 11 is 0. The first kappa shape index (κ1) is 11.8. The van der Waals surface area contributed by atoms with Crippen LogP contribution < -0.4 is 10.2 Å². The van der Waals surface area contributed by atoms with Crippen LogP contribution in [0.15, 0.2) is 18.2 Å². The Kier molecular flexibility index (Phi) is 4.13. The van der Waals surface area contributed by atoms with Crippen molar-refractivity contribution in [1.82, 2.24) is 5.32 Å². The maximum absolute atomic E-state index is 3.44. The summed E-state index contributed by atoms with van der Waals surface area (Å²) in [5.41, 5.74) is 2.83. The molecule has 1 radical (unpaired) electrons. The molecule has 16 heavy (non-hydrogen) atoms. The lowest BCUT2D eigenvalue weighted by Crippen LogP contribution is -2.29. The molecule has 1 aliphatic rings. The standard InChI is InChI=1S/C13H21N2S/c1-15(2)13-6-4-3-5-12(13)11-16-9-7-14-8-10-16/h3,5-6,14,16H,7-11H2,1-2H3. The Morgan fingerprint density at radius 1 is 1.38 bits per heavy atom. The molecule has 1 fully saturated rings. The maximum Gasteiger partial charge on any atom is 0.0407 e. The number of nitrogens with one attached hydrogen (secondary N) is 1. The molecule has 1 heterocycles. The van der Waals surface area contributed by atoms with Crippen molar-refractivity contribution in [2.24, 2.45) is 0 Å². The predicted molar refractivity (Wildman–Crippen MR) is 74.9 cm³/mol. The van der Waals surface area contributed by atoms with Crippen molar-refractivity contribution < 1.29 is 0 Å². The highest BCUT2D eigenvalue weighted by molar-refractivity contribution is 8.16. The highest BCUT2D eigenvalue weighted by atomic mass is 32.2. The zero-order valence-corrected chi connectivity index (χ0v) is 11.1. The summed E-state index contributed by atoms with van der Waals surface area (Å²) in [6.45, 7) is 2.42. The lowest BCUT2D eigenvalue weighted by Gasteiger charge is -2.28. The van der Waals surface area contributed by atoms with Crippen LogP contribution in [0, 0.1) is 6.07 Å². The van der Waals surface area contributed by atoms with Crippen molar-refractivity contribution in [3.05, 3.63) is 29.8 Å². The van der Waals surface area contributed by atoms with Crippen LogP contribution in [0.5, 0.6) is 0 Å². The SMILES string of the molecule is CN(C)c1c[c]ccc1C[SH]1CCNCC1. The van der Waals surface area contributed by atoms with Crippen molar-refractivity contribution >= 4 is 16.6 Å². The quantitative estimate of drug-likeness (QED) is 0.777. The normalized spacial score (nSPS) is 18.5. The zero-order chi connectivity index (χ0) is 11.4. The van der Waals surface area contributed by atoms with Gasteiger partial charge in [0.25, 0.3) is 0 Å². The van der Waals surface area contributed by atoms with Crippen LogP contribution in [0.3, 0.4) is 0 Å². The summed E-state index contributed by atoms with van der Waals surface area (Å²) in [4.78, 5) is 2.20. The molecule has 0 amide bonds. The van der Waals surface area contributed by atoms with Crippen molar-refractivity contribution in [3.8, 4) is 0 Å². The van der Waals surface area contributed by atoms with Gasteiger partial charge in [0.05, 0.1) is 0 Å². The van der Waals surface area contributed by atoms with Gasteiger partial charge in [-0.05, 0) is 29.2 Å². The molecular formula is C13H21N2S. The molecule has 0 unspecified atom stereocenters. The van der Waals surface area contributed by atoms with Gasteiger partial charge in [-0.3, -0.25) is 0 Å². The Balaban J connectivity index is 2.07. The van der Waals surface area contributed by atoms with Gasteiger partial charge in [0.15, 0.2) is 0 Å². The lowest BCUT2D eigenvalue weighted by atomic mass is 10.2. The number of hydrogen-bond donors (Lipinski definition) is 2. The largest absolute Gasteiger partial charge is 0.377 e. The summed E-state index contributed by atoms with van der Waals surface area (Å²) in [5.74, 6) is 4.03. The van der Waals surface area contributed by atoms with Crippen molar-refractivity contribution in [3.63, 3.8) is 0 Å². The summed E-state index contributed by atoms with van der Waals surface area (Å²) in [5, 5.41) is 3.44. The molecule has 1 N–H and O–H groups in total. The highest BCUT2D eigenvalue weighted by Gasteiger charge is 2.12. The first-order valence-corrected chi connectivity index (χ1v) is 7.76. The van der Waals surface area contributed by atoms with Crippen LogP contribution in [-0.2, 0) is 5.75 Å². The van der Waals surface area contributed by atoms with Crippen LogP contribution in [-0.4, -0.2) is 38.7 Å². The van der Waals surface area contributed by atoms with Gasteiger partial charge in [0, 0.05) is 38.6 Å². The lowest BCUT2D eigenvalue weighted by molar-refractivity contribution is 0.751. The summed E-state index contributed by atoms with van der Waals surface area (Å²) in [6, 6.07) is 9.55. The van der Waals surface area contributed by atoms with Gasteiger partial charge in [-0.2, -0.15) is 0 Å². The average molecular weight is 237 g/mol. The fourth-order valence-corrected chi connectivity index (χ4v) is 4.35. The molecule has 0 saturated carbocycles. The smallest absolute Gasteiger partial charge is 0.0407 e. The van der Waals surface area contributed by atoms with Gasteiger partial charge >= 0.3 is 0 Å². The molecule has 0 aliphatic carbocycles. The molecule has 0 spiro atoms. The van der Waals surface area contributed by atoms with Gasteiger partial charge in [-0.25, -0.2) is 10.9 Å². The van der Waals surface area contributed by atoms with Crippen molar-refractivity contribution in [2.75, 3.05) is 43.6 Å². The van der Waals surface area contributed by atoms with Crippen molar-refractivity contribution in [1.29, 1.82) is 0 Å². The van der Waals surface area contributed by atoms with Crippen molar-refractivity contribution in [2.45, 2.75) is 5.75 Å². The fourth-order valence-electron chi connectivity index (χ4n) is 2.11. The van der Waals surface area contributed by atoms with Gasteiger partial charge in [-0.15, -0.1) is 0 Å². The summed E-state index contributed by atoms with van der Waals surface area (Å²) in [7, 11) is 4.43. The van der Waals surface area contributed by atoms with E-state index in [1.807, 2.05) is 6.07 Å². The maximum atomic E-state index is 3.44. The van der Waals surface area contributed by atoms with E-state index in [4.69, 9.17) is 0 Å². The average Bonchev–Trinajstić information content (AvgIpc) is 2.31. The second kappa shape index (κ2) is 5.60. The molecule has 1 aliphatic heterocycles. The molecule has 2 nitrogen and oxygen atoms in total. The molecule has 0 bridgehead atoms. The van der Waals surface area contributed by atoms with E-state index < -0.39 is 0 Å². The minimum absolute atomic E-state index is 0.208. The fraction of sp³-hybridized carbons (Fsp3) is 0.538. The number of anilines is 1. The van der Waals surface area contributed by atoms with Crippen LogP contribution >= 0.6 is 10.9 Å². The third kappa shape index (κ3) is 2.92. The van der Waals surface area contributed by atoms with Crippen LogP contribution in [0.25, 0.3) is 0 Å². The third-order valence-corrected chi connectivity index (χ3v) is 5.52. The van der Waals surface area contributed by atoms with E-state index in [-0.39, 0.29) is 10.9 Å². The zero-order valence-electron chi connectivity index (χ0n) is 10.2. The van der Waals surface area contributed by atoms with E-state index in [1.54, 1.807) is 0 Å². The molecule has 0 aromatic heterocycles. The monoisotopic (exact) mass is 237 g/mol. The molecule has 89 valence electrons. The molecular weight excluding hydrogens is 216 g/mol. The minimum atomic E-state index is 0.208. The second-order valence-corrected chi connectivity index (χ2v) is 7.03. The second-order valence-electron chi connectivity index (χ2n) is 4.48. The molecule has 2 rings (SSSR count). The predicted octanol–water partition coefficient (Wildman–Crippen LogP) is 1.66. The van der Waals surface area contributed by atoms with E-state index in [2.05, 4.69) is 42.5 Å². The molecule has 3 heteroatoms. The van der Waals surface area contributed by atoms with Gasteiger partial charge in [0.2, 0.25) is 0 Å². The van der Waals surface area contributed by atoms with E-state index in [9.17, 15) is 0 Å². The Morgan fingerprint density at radius 3 is 2.81 bits per heavy atom. The van der Waals surface area contributed by atoms with E-state index in [1.165, 1.54) is 41.6 Å². The van der Waals surface area contributed by atoms with E-state index in [0.29, 0.717) is 0 Å². The number of nitrogens with zero attached hydrogens (tertiary/aromatic N) is 1. The molecule has 0 atom stereocenters. The number of benzene rings is 1. The summed E-state index contributed by atoms with van der Waals surface area (Å²) < 4.78 is 0. The van der Waals surface area contributed by atoms with Crippen LogP contribution in [0.4, 0.5) is 5.69 Å². The van der Waals surface area contributed by atoms with Crippen LogP contribution in [0.2, 0.25) is 0 Å². The topological polar surface area (TPSA) is 15.3 Å². The van der Waals surface area contributed by atoms with E-state index >= 15 is 0 Å². The number of hydrogen-bond acceptors (Lipinski definition) is 2. The third-order valence-electron chi connectivity index (χ3n) is 3.02. The molecule has 1 aromatic rings. The molecule has 1 aromatic carbocycles. The van der Waals surface area contributed by atoms with Gasteiger partial charge in [-0.1, -0.05) is 12.1 Å². The first-order valence-electron chi connectivity index (χ1n) is 5.87. The first-order chi connectivity index (χ1) is 7.77. The van der Waals surface area contributed by atoms with Gasteiger partial charge in [0.1, 0.15) is 0 Å². The Labute approximate surface area is 101 Å². The number of rotatable bonds is 3. The highest BCUT2D eigenvalue weighted by Crippen LogP contribution is 2.34. The summed E-state index contributed by atoms with van der Waals surface area (Å²) in [6.07, 6.45) is 0. The van der Waals surface area contributed by atoms with Gasteiger partial charge < -0.3 is 10.2 Å². The Morgan fingerprint density at radius 2 is 2.12 bits per heavy atom. The Bertz CT molecular complexity index is 332. The van der Waals surface area contributed by atoms with Crippen LogP contribution in [0.1, 0.15) is 5.56 Å². The van der Waals surface area contributed by atoms with E-state index in [0.717, 1.165) is 0 Å². The Hall–Kier alpha value is -0.670. The minimum Gasteiger partial charge on any atom is -0.377 e.